The molecule has 0 amide bonds. The van der Waals surface area contributed by atoms with E-state index in [2.05, 4.69) is 11.4 Å². The maximum absolute atomic E-state index is 11.4. The maximum atomic E-state index is 11.4. The van der Waals surface area contributed by atoms with Crippen molar-refractivity contribution in [3.8, 4) is 0 Å². The van der Waals surface area contributed by atoms with Crippen molar-refractivity contribution in [1.29, 1.82) is 0 Å². The lowest BCUT2D eigenvalue weighted by molar-refractivity contribution is 0.0600. The van der Waals surface area contributed by atoms with Crippen LogP contribution in [0.3, 0.4) is 0 Å². The van der Waals surface area contributed by atoms with Gasteiger partial charge in [0.15, 0.2) is 0 Å². The second kappa shape index (κ2) is 4.15. The van der Waals surface area contributed by atoms with E-state index in [0.717, 1.165) is 18.9 Å². The summed E-state index contributed by atoms with van der Waals surface area (Å²) < 4.78 is 4.74. The number of hydrogen-bond donors (Lipinski definition) is 1. The van der Waals surface area contributed by atoms with Gasteiger partial charge >= 0.3 is 5.97 Å². The summed E-state index contributed by atoms with van der Waals surface area (Å²) in [5.41, 5.74) is 3.33. The summed E-state index contributed by atoms with van der Waals surface area (Å²) in [6, 6.07) is 7.22. The molecule has 2 aliphatic carbocycles. The molecule has 1 N–H and O–H groups in total. The topological polar surface area (TPSA) is 38.3 Å². The van der Waals surface area contributed by atoms with Gasteiger partial charge in [0.2, 0.25) is 0 Å². The fourth-order valence-electron chi connectivity index (χ4n) is 2.56. The zero-order valence-corrected chi connectivity index (χ0v) is 10.0. The minimum atomic E-state index is -0.244. The lowest BCUT2D eigenvalue weighted by atomic mass is 10.1. The lowest BCUT2D eigenvalue weighted by Crippen LogP contribution is -2.31. The molecule has 1 saturated carbocycles. The number of carbonyl (C=O) groups is 1. The van der Waals surface area contributed by atoms with Gasteiger partial charge in [-0.2, -0.15) is 0 Å². The van der Waals surface area contributed by atoms with E-state index in [1.807, 2.05) is 12.1 Å². The highest BCUT2D eigenvalue weighted by Gasteiger charge is 2.28. The highest BCUT2D eigenvalue weighted by Crippen LogP contribution is 2.27. The molecule has 0 bridgehead atoms. The van der Waals surface area contributed by atoms with Crippen molar-refractivity contribution in [2.45, 2.75) is 37.8 Å². The molecule has 1 aromatic carbocycles. The molecule has 0 aromatic heterocycles. The van der Waals surface area contributed by atoms with Gasteiger partial charge in [-0.3, -0.25) is 0 Å². The molecule has 0 radical (unpaired) electrons. The van der Waals surface area contributed by atoms with E-state index in [-0.39, 0.29) is 5.97 Å². The highest BCUT2D eigenvalue weighted by atomic mass is 16.5. The third-order valence-electron chi connectivity index (χ3n) is 3.61. The average Bonchev–Trinajstić information content (AvgIpc) is 3.05. The summed E-state index contributed by atoms with van der Waals surface area (Å²) in [7, 11) is 1.42. The summed E-state index contributed by atoms with van der Waals surface area (Å²) in [6.07, 6.45) is 4.77. The van der Waals surface area contributed by atoms with Crippen LogP contribution in [0.25, 0.3) is 0 Å². The molecule has 1 aromatic rings. The second-order valence-corrected chi connectivity index (χ2v) is 5.02. The molecule has 3 rings (SSSR count). The van der Waals surface area contributed by atoms with Gasteiger partial charge in [0.05, 0.1) is 12.7 Å². The van der Waals surface area contributed by atoms with Crippen LogP contribution in [-0.4, -0.2) is 25.2 Å². The molecule has 1 fully saturated rings. The zero-order valence-electron chi connectivity index (χ0n) is 10.0. The number of nitrogens with one attached hydrogen (secondary N) is 1. The van der Waals surface area contributed by atoms with E-state index in [9.17, 15) is 4.79 Å². The third kappa shape index (κ3) is 2.20. The number of ether oxygens (including phenoxy) is 1. The fourth-order valence-corrected chi connectivity index (χ4v) is 2.56. The van der Waals surface area contributed by atoms with E-state index >= 15 is 0 Å². The van der Waals surface area contributed by atoms with E-state index in [0.29, 0.717) is 11.6 Å². The summed E-state index contributed by atoms with van der Waals surface area (Å²) in [5, 5.41) is 3.65. The first kappa shape index (κ1) is 10.8. The van der Waals surface area contributed by atoms with Crippen LogP contribution in [0.5, 0.6) is 0 Å². The van der Waals surface area contributed by atoms with E-state index < -0.39 is 0 Å². The monoisotopic (exact) mass is 231 g/mol. The zero-order chi connectivity index (χ0) is 11.8. The number of benzene rings is 1. The van der Waals surface area contributed by atoms with Crippen molar-refractivity contribution < 1.29 is 9.53 Å². The Hall–Kier alpha value is -1.35. The van der Waals surface area contributed by atoms with Crippen LogP contribution >= 0.6 is 0 Å². The van der Waals surface area contributed by atoms with E-state index in [4.69, 9.17) is 4.74 Å². The Morgan fingerprint density at radius 1 is 1.24 bits per heavy atom. The van der Waals surface area contributed by atoms with Gasteiger partial charge in [0.25, 0.3) is 0 Å². The Bertz CT molecular complexity index is 452. The predicted molar refractivity (Wildman–Crippen MR) is 65.1 cm³/mol. The Kier molecular flexibility index (Phi) is 2.63. The Morgan fingerprint density at radius 3 is 2.71 bits per heavy atom. The van der Waals surface area contributed by atoms with Crippen LogP contribution in [0, 0.1) is 0 Å². The Morgan fingerprint density at radius 2 is 2.00 bits per heavy atom. The lowest BCUT2D eigenvalue weighted by Gasteiger charge is -2.09. The van der Waals surface area contributed by atoms with Crippen molar-refractivity contribution >= 4 is 5.97 Å². The first-order valence-electron chi connectivity index (χ1n) is 6.22. The number of fused-ring (bicyclic) bond motifs is 1. The molecule has 17 heavy (non-hydrogen) atoms. The van der Waals surface area contributed by atoms with Crippen molar-refractivity contribution in [3.05, 3.63) is 34.9 Å². The van der Waals surface area contributed by atoms with Crippen LogP contribution in [-0.2, 0) is 17.6 Å². The van der Waals surface area contributed by atoms with E-state index in [1.165, 1.54) is 31.1 Å². The van der Waals surface area contributed by atoms with Gasteiger partial charge in [-0.15, -0.1) is 0 Å². The Balaban J connectivity index is 1.75. The number of rotatable bonds is 3. The standard InChI is InChI=1S/C14H17NO2/c1-17-14(16)10-3-2-9-7-13(8-11(9)6-10)15-12-4-5-12/h2-3,6,12-13,15H,4-5,7-8H2,1H3. The minimum Gasteiger partial charge on any atom is -0.465 e. The van der Waals surface area contributed by atoms with Crippen molar-refractivity contribution in [1.82, 2.24) is 5.32 Å². The molecular formula is C14H17NO2. The molecule has 1 atom stereocenters. The first-order chi connectivity index (χ1) is 8.26. The molecule has 90 valence electrons. The van der Waals surface area contributed by atoms with E-state index in [1.54, 1.807) is 0 Å². The predicted octanol–water partition coefficient (Wildman–Crippen LogP) is 1.69. The molecule has 3 heteroatoms. The summed E-state index contributed by atoms with van der Waals surface area (Å²) in [4.78, 5) is 11.4. The normalized spacial score (nSPS) is 22.3. The number of esters is 1. The molecule has 0 saturated heterocycles. The highest BCUT2D eigenvalue weighted by molar-refractivity contribution is 5.89. The second-order valence-electron chi connectivity index (χ2n) is 5.02. The van der Waals surface area contributed by atoms with Crippen molar-refractivity contribution in [3.63, 3.8) is 0 Å². The average molecular weight is 231 g/mol. The summed E-state index contributed by atoms with van der Waals surface area (Å²) in [6.45, 7) is 0. The smallest absolute Gasteiger partial charge is 0.337 e. The first-order valence-corrected chi connectivity index (χ1v) is 6.22. The Labute approximate surface area is 101 Å². The third-order valence-corrected chi connectivity index (χ3v) is 3.61. The summed E-state index contributed by atoms with van der Waals surface area (Å²) in [5.74, 6) is -0.244. The molecular weight excluding hydrogens is 214 g/mol. The van der Waals surface area contributed by atoms with Crippen LogP contribution in [0.1, 0.15) is 34.3 Å². The molecule has 0 aliphatic heterocycles. The number of methoxy groups -OCH3 is 1. The van der Waals surface area contributed by atoms with Gasteiger partial charge < -0.3 is 10.1 Å². The molecule has 0 spiro atoms. The quantitative estimate of drug-likeness (QED) is 0.805. The van der Waals surface area contributed by atoms with Gasteiger partial charge in [0.1, 0.15) is 0 Å². The van der Waals surface area contributed by atoms with Crippen LogP contribution in [0.15, 0.2) is 18.2 Å². The largest absolute Gasteiger partial charge is 0.465 e. The van der Waals surface area contributed by atoms with Gasteiger partial charge in [0, 0.05) is 12.1 Å². The van der Waals surface area contributed by atoms with Gasteiger partial charge in [-0.1, -0.05) is 6.07 Å². The minimum absolute atomic E-state index is 0.244. The number of carbonyl (C=O) groups excluding carboxylic acids is 1. The molecule has 0 heterocycles. The van der Waals surface area contributed by atoms with Crippen LogP contribution in [0.4, 0.5) is 0 Å². The molecule has 3 nitrogen and oxygen atoms in total. The van der Waals surface area contributed by atoms with Crippen molar-refractivity contribution in [2.75, 3.05) is 7.11 Å². The molecule has 2 aliphatic rings. The molecule has 1 unspecified atom stereocenters. The SMILES string of the molecule is COC(=O)c1ccc2c(c1)CC(NC1CC1)C2. The van der Waals surface area contributed by atoms with Crippen LogP contribution in [0.2, 0.25) is 0 Å². The number of hydrogen-bond acceptors (Lipinski definition) is 3. The summed E-state index contributed by atoms with van der Waals surface area (Å²) >= 11 is 0. The fraction of sp³-hybridized carbons (Fsp3) is 0.500. The van der Waals surface area contributed by atoms with Crippen molar-refractivity contribution in [2.24, 2.45) is 0 Å². The van der Waals surface area contributed by atoms with Crippen LogP contribution < -0.4 is 5.32 Å². The van der Waals surface area contributed by atoms with Gasteiger partial charge in [-0.05, 0) is 48.9 Å². The maximum Gasteiger partial charge on any atom is 0.337 e. The van der Waals surface area contributed by atoms with Gasteiger partial charge in [-0.25, -0.2) is 4.79 Å².